The maximum Gasteiger partial charge on any atom is 0.418 e. The number of amides is 1. The number of carbonyl (C=O) groups excluding carboxylic acids is 1. The standard InChI is InChI=1S/C55H61F4N7O6/c1-8-10-38-25-44(63(29-36-11-15-40(68-6)16-12-36)30-37-13-17-41(69-7)18-14-37)48(56)46(47(38)55(57,58)59)45-26-43-42(32-70-45)49(62-50(61-43)71-34-54-20-9-24-65(54)28-35(2)27-54)64-31-39-19-21-53(33-64,22-23-60)66(39)51(67)72-52(3,4)5/h11-18,25,39,45H,2,9,19-22,24,26-34H2,1,3-7H3/t39?,45-,53?,54-/m0/s1. The topological polar surface area (TPSA) is 126 Å². The van der Waals surface area contributed by atoms with E-state index in [0.29, 0.717) is 48.0 Å². The van der Waals surface area contributed by atoms with Crippen molar-refractivity contribution in [2.45, 2.75) is 127 Å². The third-order valence-corrected chi connectivity index (χ3v) is 14.6. The SMILES string of the molecule is C=C1CN2CCC[C@@]2(COc2nc3c(c(N4CC5CCC(CC#N)(C4)N5C(=O)OC(C)(C)C)n2)CO[C@H](c2c(F)c(N(Cc4ccc(OC)cc4)Cc4ccc(OC)cc4)cc(C#CC)c2C(F)(F)F)C3)C1. The van der Waals surface area contributed by atoms with Gasteiger partial charge in [0.05, 0.1) is 73.5 Å². The Bertz CT molecular complexity index is 2770. The summed E-state index contributed by atoms with van der Waals surface area (Å²) in [7, 11) is 3.10. The Labute approximate surface area is 418 Å². The fourth-order valence-corrected chi connectivity index (χ4v) is 11.5. The van der Waals surface area contributed by atoms with E-state index in [1.807, 2.05) is 29.2 Å². The third-order valence-electron chi connectivity index (χ3n) is 14.6. The van der Waals surface area contributed by atoms with Gasteiger partial charge in [-0.15, -0.1) is 5.92 Å². The molecule has 380 valence electrons. The first-order valence-corrected chi connectivity index (χ1v) is 24.4. The molecule has 0 aliphatic carbocycles. The van der Waals surface area contributed by atoms with Gasteiger partial charge in [0.25, 0.3) is 0 Å². The minimum Gasteiger partial charge on any atom is -0.497 e. The molecule has 0 saturated carbocycles. The van der Waals surface area contributed by atoms with Gasteiger partial charge in [0.2, 0.25) is 0 Å². The van der Waals surface area contributed by atoms with Crippen LogP contribution in [-0.4, -0.2) is 95.6 Å². The minimum absolute atomic E-state index is 0.0207. The summed E-state index contributed by atoms with van der Waals surface area (Å²) in [5.74, 6) is 5.86. The van der Waals surface area contributed by atoms with E-state index >= 15 is 17.6 Å². The molecule has 9 rings (SSSR count). The van der Waals surface area contributed by atoms with Crippen LogP contribution in [0, 0.1) is 29.0 Å². The Balaban J connectivity index is 1.14. The second kappa shape index (κ2) is 19.8. The van der Waals surface area contributed by atoms with Crippen molar-refractivity contribution in [2.75, 3.05) is 56.8 Å². The van der Waals surface area contributed by atoms with E-state index in [9.17, 15) is 10.1 Å². The fraction of sp³-hybridized carbons (Fsp3) is 0.491. The number of anilines is 2. The summed E-state index contributed by atoms with van der Waals surface area (Å²) in [6.45, 7) is 13.5. The van der Waals surface area contributed by atoms with Crippen molar-refractivity contribution in [2.24, 2.45) is 0 Å². The van der Waals surface area contributed by atoms with Gasteiger partial charge in [-0.2, -0.15) is 28.4 Å². The summed E-state index contributed by atoms with van der Waals surface area (Å²) in [4.78, 5) is 31.6. The van der Waals surface area contributed by atoms with Gasteiger partial charge in [-0.3, -0.25) is 9.80 Å². The largest absolute Gasteiger partial charge is 0.497 e. The highest BCUT2D eigenvalue weighted by atomic mass is 19.4. The summed E-state index contributed by atoms with van der Waals surface area (Å²) in [6.07, 6.45) is -3.46. The van der Waals surface area contributed by atoms with Crippen LogP contribution < -0.4 is 24.0 Å². The number of nitrogens with zero attached hydrogens (tertiary/aromatic N) is 7. The van der Waals surface area contributed by atoms with Crippen molar-refractivity contribution < 1.29 is 46.0 Å². The highest BCUT2D eigenvalue weighted by Gasteiger charge is 2.56. The van der Waals surface area contributed by atoms with Gasteiger partial charge in [0.1, 0.15) is 29.5 Å². The van der Waals surface area contributed by atoms with E-state index in [-0.39, 0.29) is 69.0 Å². The summed E-state index contributed by atoms with van der Waals surface area (Å²) < 4.78 is 94.7. The molecule has 4 atom stereocenters. The molecule has 13 nitrogen and oxygen atoms in total. The zero-order valence-corrected chi connectivity index (χ0v) is 41.8. The third kappa shape index (κ3) is 9.98. The molecule has 17 heteroatoms. The molecule has 0 spiro atoms. The fourth-order valence-electron chi connectivity index (χ4n) is 11.5. The lowest BCUT2D eigenvalue weighted by molar-refractivity contribution is -0.140. The van der Waals surface area contributed by atoms with Gasteiger partial charge < -0.3 is 33.5 Å². The number of alkyl halides is 3. The zero-order chi connectivity index (χ0) is 51.2. The number of halogens is 4. The number of nitriles is 1. The predicted octanol–water partition coefficient (Wildman–Crippen LogP) is 10.1. The van der Waals surface area contributed by atoms with Crippen LogP contribution in [0.3, 0.4) is 0 Å². The highest BCUT2D eigenvalue weighted by Crippen LogP contribution is 2.49. The first-order valence-electron chi connectivity index (χ1n) is 24.4. The number of carbonyl (C=O) groups is 1. The Kier molecular flexibility index (Phi) is 13.9. The highest BCUT2D eigenvalue weighted by molar-refractivity contribution is 5.72. The molecular formula is C55H61F4N7O6. The monoisotopic (exact) mass is 991 g/mol. The number of hydrogen-bond donors (Lipinski definition) is 0. The van der Waals surface area contributed by atoms with Crippen LogP contribution in [0.2, 0.25) is 0 Å². The normalized spacial score (nSPS) is 22.7. The molecule has 0 N–H and O–H groups in total. The van der Waals surface area contributed by atoms with Crippen LogP contribution in [0.4, 0.5) is 33.9 Å². The number of rotatable bonds is 13. The van der Waals surface area contributed by atoms with Crippen molar-refractivity contribution in [1.29, 1.82) is 5.26 Å². The van der Waals surface area contributed by atoms with Gasteiger partial charge in [0.15, 0.2) is 5.82 Å². The lowest BCUT2D eigenvalue weighted by Gasteiger charge is -2.49. The number of benzene rings is 3. The van der Waals surface area contributed by atoms with E-state index in [4.69, 9.17) is 33.7 Å². The summed E-state index contributed by atoms with van der Waals surface area (Å²) in [5, 5.41) is 10.2. The summed E-state index contributed by atoms with van der Waals surface area (Å²) in [6, 6.07) is 17.6. The molecule has 5 aliphatic heterocycles. The molecule has 6 heterocycles. The lowest BCUT2D eigenvalue weighted by atomic mass is 9.89. The molecular weight excluding hydrogens is 931 g/mol. The van der Waals surface area contributed by atoms with Crippen molar-refractivity contribution in [3.63, 3.8) is 0 Å². The Morgan fingerprint density at radius 1 is 1.00 bits per heavy atom. The molecule has 0 radical (unpaired) electrons. The molecule has 4 saturated heterocycles. The maximum absolute atomic E-state index is 18.0. The van der Waals surface area contributed by atoms with E-state index in [2.05, 4.69) is 29.4 Å². The zero-order valence-electron chi connectivity index (χ0n) is 41.8. The van der Waals surface area contributed by atoms with Crippen molar-refractivity contribution in [1.82, 2.24) is 19.8 Å². The first-order chi connectivity index (χ1) is 34.4. The Hall–Kier alpha value is -6.56. The van der Waals surface area contributed by atoms with E-state index in [1.54, 1.807) is 69.1 Å². The van der Waals surface area contributed by atoms with Gasteiger partial charge in [0, 0.05) is 55.8 Å². The Morgan fingerprint density at radius 2 is 1.68 bits per heavy atom. The number of aromatic nitrogens is 2. The van der Waals surface area contributed by atoms with Crippen molar-refractivity contribution in [3.8, 4) is 35.4 Å². The molecule has 5 aliphatic rings. The van der Waals surface area contributed by atoms with Crippen LogP contribution in [0.25, 0.3) is 0 Å². The van der Waals surface area contributed by atoms with E-state index in [0.717, 1.165) is 49.1 Å². The molecule has 2 bridgehead atoms. The molecule has 1 aromatic heterocycles. The number of hydrogen-bond acceptors (Lipinski definition) is 12. The molecule has 4 aromatic rings. The van der Waals surface area contributed by atoms with Crippen molar-refractivity contribution >= 4 is 17.6 Å². The molecule has 4 fully saturated rings. The van der Waals surface area contributed by atoms with E-state index < -0.39 is 52.0 Å². The first kappa shape index (κ1) is 50.4. The number of ether oxygens (including phenoxy) is 5. The molecule has 1 amide bonds. The smallest absolute Gasteiger partial charge is 0.418 e. The predicted molar refractivity (Wildman–Crippen MR) is 262 cm³/mol. The van der Waals surface area contributed by atoms with Crippen molar-refractivity contribution in [3.05, 3.63) is 112 Å². The second-order valence-corrected chi connectivity index (χ2v) is 20.7. The van der Waals surface area contributed by atoms with Crippen LogP contribution in [0.15, 0.2) is 66.7 Å². The van der Waals surface area contributed by atoms with Crippen LogP contribution >= 0.6 is 0 Å². The molecule has 72 heavy (non-hydrogen) atoms. The average Bonchev–Trinajstić information content (AvgIpc) is 3.95. The van der Waals surface area contributed by atoms with Crippen LogP contribution in [0.5, 0.6) is 17.5 Å². The molecule has 3 aromatic carbocycles. The molecule has 2 unspecified atom stereocenters. The van der Waals surface area contributed by atoms with Gasteiger partial charge in [-0.25, -0.2) is 9.18 Å². The maximum atomic E-state index is 18.0. The number of fused-ring (bicyclic) bond motifs is 4. The Morgan fingerprint density at radius 3 is 2.29 bits per heavy atom. The van der Waals surface area contributed by atoms with Gasteiger partial charge >= 0.3 is 18.3 Å². The van der Waals surface area contributed by atoms with Crippen LogP contribution in [-0.2, 0) is 41.8 Å². The number of piperazine rings is 1. The summed E-state index contributed by atoms with van der Waals surface area (Å²) in [5.41, 5.74) is -0.918. The van der Waals surface area contributed by atoms with Gasteiger partial charge in [-0.05, 0) is 108 Å². The quantitative estimate of drug-likeness (QED) is 0.0719. The summed E-state index contributed by atoms with van der Waals surface area (Å²) >= 11 is 0. The lowest BCUT2D eigenvalue weighted by Crippen LogP contribution is -2.64. The van der Waals surface area contributed by atoms with E-state index in [1.165, 1.54) is 13.0 Å². The second-order valence-electron chi connectivity index (χ2n) is 20.7. The minimum atomic E-state index is -5.04. The van der Waals surface area contributed by atoms with Gasteiger partial charge in [-0.1, -0.05) is 42.3 Å². The van der Waals surface area contributed by atoms with Crippen LogP contribution in [0.1, 0.15) is 111 Å². The average molecular weight is 992 g/mol. The number of methoxy groups -OCH3 is 2.